The fraction of sp³-hybridized carbons (Fsp3) is 0.0638. The molecule has 3 nitrogen and oxygen atoms in total. The van der Waals surface area contributed by atoms with E-state index in [-0.39, 0.29) is 0 Å². The van der Waals surface area contributed by atoms with Crippen LogP contribution >= 0.6 is 11.3 Å². The first-order chi connectivity index (χ1) is 25.2. The van der Waals surface area contributed by atoms with Crippen molar-refractivity contribution in [1.29, 1.82) is 0 Å². The van der Waals surface area contributed by atoms with Crippen LogP contribution in [0.2, 0.25) is 0 Å². The first-order valence-electron chi connectivity index (χ1n) is 17.5. The molecule has 0 bridgehead atoms. The molecule has 0 atom stereocenters. The topological polar surface area (TPSA) is 37.9 Å². The van der Waals surface area contributed by atoms with E-state index in [2.05, 4.69) is 146 Å². The van der Waals surface area contributed by atoms with E-state index < -0.39 is 0 Å². The minimum Gasteiger partial charge on any atom is -0.456 e. The molecule has 51 heavy (non-hydrogen) atoms. The quantitative estimate of drug-likeness (QED) is 0.183. The average molecular weight is 673 g/mol. The maximum absolute atomic E-state index is 6.29. The highest BCUT2D eigenvalue weighted by atomic mass is 32.1. The Morgan fingerprint density at radius 1 is 0.490 bits per heavy atom. The van der Waals surface area contributed by atoms with E-state index in [9.17, 15) is 0 Å². The molecule has 0 N–H and O–H groups in total. The van der Waals surface area contributed by atoms with Crippen LogP contribution in [-0.4, -0.2) is 11.5 Å². The molecule has 9 aromatic rings. The number of allylic oxidation sites excluding steroid dienone is 1. The predicted octanol–water partition coefficient (Wildman–Crippen LogP) is 13.2. The summed E-state index contributed by atoms with van der Waals surface area (Å²) in [6, 6.07) is 53.8. The number of thiophene rings is 1. The Morgan fingerprint density at radius 2 is 1.18 bits per heavy atom. The van der Waals surface area contributed by atoms with Crippen molar-refractivity contribution in [1.82, 2.24) is 0 Å². The van der Waals surface area contributed by atoms with Crippen molar-refractivity contribution in [2.45, 2.75) is 19.8 Å². The van der Waals surface area contributed by atoms with Crippen molar-refractivity contribution < 1.29 is 4.42 Å². The van der Waals surface area contributed by atoms with Crippen LogP contribution in [0.3, 0.4) is 0 Å². The summed E-state index contributed by atoms with van der Waals surface area (Å²) in [4.78, 5) is 11.0. The summed E-state index contributed by atoms with van der Waals surface area (Å²) in [7, 11) is 0. The lowest BCUT2D eigenvalue weighted by molar-refractivity contribution is 0.669. The largest absolute Gasteiger partial charge is 0.456 e. The number of nitrogens with zero attached hydrogens (tertiary/aromatic N) is 2. The van der Waals surface area contributed by atoms with Gasteiger partial charge in [0.15, 0.2) is 5.84 Å². The number of amidine groups is 1. The summed E-state index contributed by atoms with van der Waals surface area (Å²) < 4.78 is 8.89. The van der Waals surface area contributed by atoms with E-state index in [1.54, 1.807) is 0 Å². The molecule has 1 aliphatic rings. The zero-order chi connectivity index (χ0) is 33.9. The molecule has 0 radical (unpaired) electrons. The SMILES string of the molecule is C/C1=C(\c2ccc3sc4ccccc4c3c2)N=C(c2ccc(-c3cccc4oc5ccccc5c34)c3ccccc23)N=C(c2ccccc2)CC1. The monoisotopic (exact) mass is 672 g/mol. The highest BCUT2D eigenvalue weighted by Gasteiger charge is 2.20. The Labute approximate surface area is 299 Å². The van der Waals surface area contributed by atoms with Crippen LogP contribution in [0.15, 0.2) is 172 Å². The second kappa shape index (κ2) is 12.0. The second-order valence-corrected chi connectivity index (χ2v) is 14.4. The minimum atomic E-state index is 0.730. The number of aliphatic imine (C=N–C) groups is 2. The number of hydrogen-bond donors (Lipinski definition) is 0. The van der Waals surface area contributed by atoms with Gasteiger partial charge < -0.3 is 4.42 Å². The molecule has 0 fully saturated rings. The van der Waals surface area contributed by atoms with Gasteiger partial charge in [0, 0.05) is 42.1 Å². The van der Waals surface area contributed by atoms with Crippen molar-refractivity contribution in [3.63, 3.8) is 0 Å². The van der Waals surface area contributed by atoms with Gasteiger partial charge in [-0.15, -0.1) is 11.3 Å². The average Bonchev–Trinajstić information content (AvgIpc) is 3.75. The van der Waals surface area contributed by atoms with Gasteiger partial charge in [-0.05, 0) is 89.2 Å². The maximum Gasteiger partial charge on any atom is 0.160 e. The van der Waals surface area contributed by atoms with Crippen LogP contribution in [0.25, 0.3) is 69.7 Å². The third kappa shape index (κ3) is 5.02. The van der Waals surface area contributed by atoms with Crippen LogP contribution in [0.4, 0.5) is 0 Å². The van der Waals surface area contributed by atoms with E-state index >= 15 is 0 Å². The predicted molar refractivity (Wildman–Crippen MR) is 217 cm³/mol. The summed E-state index contributed by atoms with van der Waals surface area (Å²) in [6.45, 7) is 2.23. The molecule has 0 spiro atoms. The Balaban J connectivity index is 1.20. The number of hydrogen-bond acceptors (Lipinski definition) is 4. The highest BCUT2D eigenvalue weighted by molar-refractivity contribution is 7.25. The summed E-state index contributed by atoms with van der Waals surface area (Å²) in [5, 5.41) is 7.10. The zero-order valence-electron chi connectivity index (χ0n) is 28.1. The van der Waals surface area contributed by atoms with Gasteiger partial charge in [-0.3, -0.25) is 0 Å². The van der Waals surface area contributed by atoms with Gasteiger partial charge >= 0.3 is 0 Å². The second-order valence-electron chi connectivity index (χ2n) is 13.3. The highest BCUT2D eigenvalue weighted by Crippen LogP contribution is 2.41. The Morgan fingerprint density at radius 3 is 2.04 bits per heavy atom. The molecule has 7 aromatic carbocycles. The normalized spacial score (nSPS) is 15.4. The summed E-state index contributed by atoms with van der Waals surface area (Å²) in [6.07, 6.45) is 1.71. The lowest BCUT2D eigenvalue weighted by Gasteiger charge is -2.18. The molecule has 0 amide bonds. The van der Waals surface area contributed by atoms with Gasteiger partial charge in [-0.25, -0.2) is 9.98 Å². The van der Waals surface area contributed by atoms with Crippen molar-refractivity contribution in [2.75, 3.05) is 0 Å². The molecule has 0 aliphatic carbocycles. The molecule has 242 valence electrons. The Hall–Kier alpha value is -6.10. The van der Waals surface area contributed by atoms with E-state index in [1.165, 1.54) is 25.7 Å². The van der Waals surface area contributed by atoms with Crippen LogP contribution in [0.1, 0.15) is 36.5 Å². The van der Waals surface area contributed by atoms with Crippen molar-refractivity contribution in [2.24, 2.45) is 9.98 Å². The summed E-state index contributed by atoms with van der Waals surface area (Å²) >= 11 is 1.84. The van der Waals surface area contributed by atoms with Gasteiger partial charge in [0.2, 0.25) is 0 Å². The first-order valence-corrected chi connectivity index (χ1v) is 18.3. The summed E-state index contributed by atoms with van der Waals surface area (Å²) in [5.74, 6) is 0.730. The third-order valence-corrected chi connectivity index (χ3v) is 11.4. The standard InChI is InChI=1S/C47H32N2OS/c1-29-22-26-40(30-12-3-2-4-13-30)48-47(49-46(29)31-23-27-44-39(28-31)35-16-8-10-21-43(35)51-44)37-25-24-34(32-14-5-6-15-33(32)37)36-18-11-20-42-45(36)38-17-7-9-19-41(38)50-42/h2-21,23-25,27-28H,22,26H2,1H3/b46-29-,48-40?,49-47?. The summed E-state index contributed by atoms with van der Waals surface area (Å²) in [5.41, 5.74) is 10.7. The Kier molecular flexibility index (Phi) is 7.03. The Bertz CT molecular complexity index is 2920. The van der Waals surface area contributed by atoms with E-state index in [0.29, 0.717) is 0 Å². The maximum atomic E-state index is 6.29. The van der Waals surface area contributed by atoms with Gasteiger partial charge in [0.25, 0.3) is 0 Å². The molecule has 3 heterocycles. The van der Waals surface area contributed by atoms with E-state index in [0.717, 1.165) is 90.6 Å². The first kappa shape index (κ1) is 29.8. The molecule has 10 rings (SSSR count). The lowest BCUT2D eigenvalue weighted by Crippen LogP contribution is -2.11. The molecule has 4 heteroatoms. The molecule has 0 unspecified atom stereocenters. The van der Waals surface area contributed by atoms with Crippen LogP contribution < -0.4 is 0 Å². The molecule has 2 aromatic heterocycles. The fourth-order valence-electron chi connectivity index (χ4n) is 7.71. The molecule has 0 saturated heterocycles. The molecular weight excluding hydrogens is 641 g/mol. The van der Waals surface area contributed by atoms with Crippen LogP contribution in [0, 0.1) is 0 Å². The smallest absolute Gasteiger partial charge is 0.160 e. The molecule has 0 saturated carbocycles. The number of fused-ring (bicyclic) bond motifs is 7. The van der Waals surface area contributed by atoms with E-state index in [1.807, 2.05) is 23.5 Å². The number of benzene rings is 7. The van der Waals surface area contributed by atoms with Gasteiger partial charge in [0.05, 0.1) is 11.4 Å². The lowest BCUT2D eigenvalue weighted by atomic mass is 9.91. The van der Waals surface area contributed by atoms with Gasteiger partial charge in [-0.1, -0.05) is 115 Å². The van der Waals surface area contributed by atoms with Crippen molar-refractivity contribution in [3.8, 4) is 11.1 Å². The zero-order valence-corrected chi connectivity index (χ0v) is 28.9. The fourth-order valence-corrected chi connectivity index (χ4v) is 8.79. The number of rotatable bonds is 4. The van der Waals surface area contributed by atoms with Crippen molar-refractivity contribution >= 4 is 81.5 Å². The van der Waals surface area contributed by atoms with Crippen LogP contribution in [-0.2, 0) is 0 Å². The molecule has 1 aliphatic heterocycles. The molecular formula is C47H32N2OS. The number of para-hydroxylation sites is 1. The van der Waals surface area contributed by atoms with Gasteiger partial charge in [-0.2, -0.15) is 0 Å². The van der Waals surface area contributed by atoms with Crippen LogP contribution in [0.5, 0.6) is 0 Å². The van der Waals surface area contributed by atoms with E-state index in [4.69, 9.17) is 14.4 Å². The third-order valence-electron chi connectivity index (χ3n) is 10.2. The minimum absolute atomic E-state index is 0.730. The number of furan rings is 1. The van der Waals surface area contributed by atoms with Crippen molar-refractivity contribution in [3.05, 3.63) is 174 Å². The van der Waals surface area contributed by atoms with Gasteiger partial charge in [0.1, 0.15) is 11.2 Å².